The fourth-order valence-corrected chi connectivity index (χ4v) is 3.85. The van der Waals surface area contributed by atoms with Crippen molar-refractivity contribution in [1.82, 2.24) is 0 Å². The first kappa shape index (κ1) is 20.1. The number of ether oxygens (including phenoxy) is 2. The van der Waals surface area contributed by atoms with E-state index in [9.17, 15) is 14.4 Å². The molecule has 2 aromatic carbocycles. The molecular formula is C21H18BrN3O5. The number of imide groups is 1. The van der Waals surface area contributed by atoms with Crippen LogP contribution in [0, 0.1) is 5.92 Å². The van der Waals surface area contributed by atoms with Gasteiger partial charge in [-0.3, -0.25) is 14.6 Å². The number of rotatable bonds is 5. The molecule has 1 saturated heterocycles. The van der Waals surface area contributed by atoms with Gasteiger partial charge in [0.15, 0.2) is 5.71 Å². The van der Waals surface area contributed by atoms with Crippen LogP contribution in [0.15, 0.2) is 58.1 Å². The lowest BCUT2D eigenvalue weighted by atomic mass is 9.98. The lowest BCUT2D eigenvalue weighted by Crippen LogP contribution is -2.39. The highest BCUT2D eigenvalue weighted by atomic mass is 79.9. The number of benzene rings is 2. The number of carbonyl (C=O) groups is 3. The number of esters is 1. The van der Waals surface area contributed by atoms with E-state index >= 15 is 0 Å². The first-order valence-corrected chi connectivity index (χ1v) is 10.1. The molecule has 2 aliphatic heterocycles. The zero-order valence-corrected chi connectivity index (χ0v) is 17.8. The Morgan fingerprint density at radius 2 is 1.67 bits per heavy atom. The molecular weight excluding hydrogens is 454 g/mol. The Bertz CT molecular complexity index is 1040. The molecule has 0 N–H and O–H groups in total. The Labute approximate surface area is 181 Å². The first-order valence-electron chi connectivity index (χ1n) is 9.28. The zero-order valence-electron chi connectivity index (χ0n) is 16.2. The van der Waals surface area contributed by atoms with Crippen LogP contribution in [0.25, 0.3) is 0 Å². The van der Waals surface area contributed by atoms with Gasteiger partial charge in [0.05, 0.1) is 25.1 Å². The van der Waals surface area contributed by atoms with E-state index in [4.69, 9.17) is 9.47 Å². The minimum atomic E-state index is -1.04. The number of methoxy groups -OCH3 is 1. The van der Waals surface area contributed by atoms with Gasteiger partial charge in [0.2, 0.25) is 5.91 Å². The Hall–Kier alpha value is -3.20. The van der Waals surface area contributed by atoms with Gasteiger partial charge in [0, 0.05) is 4.47 Å². The van der Waals surface area contributed by atoms with Crippen LogP contribution in [0.2, 0.25) is 0 Å². The van der Waals surface area contributed by atoms with Crippen molar-refractivity contribution in [2.45, 2.75) is 13.0 Å². The molecule has 1 fully saturated rings. The molecule has 0 radical (unpaired) electrons. The number of anilines is 2. The van der Waals surface area contributed by atoms with Crippen molar-refractivity contribution >= 4 is 50.8 Å². The van der Waals surface area contributed by atoms with Crippen LogP contribution in [-0.2, 0) is 19.1 Å². The third-order valence-corrected chi connectivity index (χ3v) is 5.48. The van der Waals surface area contributed by atoms with Gasteiger partial charge in [0.25, 0.3) is 5.91 Å². The van der Waals surface area contributed by atoms with Crippen LogP contribution in [0.3, 0.4) is 0 Å². The number of carbonyl (C=O) groups excluding carboxylic acids is 3. The van der Waals surface area contributed by atoms with Gasteiger partial charge < -0.3 is 9.47 Å². The number of hydrogen-bond donors (Lipinski definition) is 0. The molecule has 0 bridgehead atoms. The van der Waals surface area contributed by atoms with Gasteiger partial charge in [-0.05, 0) is 55.5 Å². The van der Waals surface area contributed by atoms with Gasteiger partial charge in [-0.25, -0.2) is 9.69 Å². The molecule has 4 rings (SSSR count). The zero-order chi connectivity index (χ0) is 21.4. The van der Waals surface area contributed by atoms with E-state index in [0.29, 0.717) is 17.1 Å². The second-order valence-electron chi connectivity index (χ2n) is 6.66. The van der Waals surface area contributed by atoms with E-state index in [1.807, 2.05) is 0 Å². The minimum absolute atomic E-state index is 0.0735. The number of fused-ring (bicyclic) bond motifs is 1. The molecule has 0 saturated carbocycles. The van der Waals surface area contributed by atoms with Gasteiger partial charge in [0.1, 0.15) is 17.7 Å². The third-order valence-electron chi connectivity index (χ3n) is 4.96. The van der Waals surface area contributed by atoms with Crippen LogP contribution in [0.1, 0.15) is 6.92 Å². The van der Waals surface area contributed by atoms with Gasteiger partial charge >= 0.3 is 5.97 Å². The highest BCUT2D eigenvalue weighted by Gasteiger charge is 2.59. The van der Waals surface area contributed by atoms with E-state index in [2.05, 4.69) is 21.0 Å². The summed E-state index contributed by atoms with van der Waals surface area (Å²) in [5.74, 6) is -2.07. The lowest BCUT2D eigenvalue weighted by Gasteiger charge is -2.22. The summed E-state index contributed by atoms with van der Waals surface area (Å²) in [5, 5.41) is 5.73. The summed E-state index contributed by atoms with van der Waals surface area (Å²) in [6, 6.07) is 12.7. The molecule has 0 aromatic heterocycles. The quantitative estimate of drug-likeness (QED) is 0.492. The maximum absolute atomic E-state index is 13.3. The Morgan fingerprint density at radius 3 is 2.27 bits per heavy atom. The van der Waals surface area contributed by atoms with E-state index in [1.165, 1.54) is 5.01 Å². The lowest BCUT2D eigenvalue weighted by molar-refractivity contribution is -0.136. The Balaban J connectivity index is 1.77. The number of halogens is 1. The van der Waals surface area contributed by atoms with E-state index in [-0.39, 0.29) is 12.3 Å². The summed E-state index contributed by atoms with van der Waals surface area (Å²) in [6.45, 7) is 1.80. The Kier molecular flexibility index (Phi) is 5.29. The SMILES string of the molecule is CCOC(=O)C1=NN(c2ccc(OC)cc2)[C@@H]2C(=O)N(c3ccc(Br)cc3)C(=O)[C@@H]12. The van der Waals surface area contributed by atoms with Crippen molar-refractivity contribution in [1.29, 1.82) is 0 Å². The van der Waals surface area contributed by atoms with Crippen molar-refractivity contribution in [2.24, 2.45) is 11.0 Å². The van der Waals surface area contributed by atoms with Crippen LogP contribution in [0.5, 0.6) is 5.75 Å². The predicted molar refractivity (Wildman–Crippen MR) is 113 cm³/mol. The molecule has 2 aromatic rings. The molecule has 8 nitrogen and oxygen atoms in total. The Morgan fingerprint density at radius 1 is 1.03 bits per heavy atom. The van der Waals surface area contributed by atoms with Crippen LogP contribution < -0.4 is 14.6 Å². The highest BCUT2D eigenvalue weighted by molar-refractivity contribution is 9.10. The minimum Gasteiger partial charge on any atom is -0.497 e. The first-order chi connectivity index (χ1) is 14.5. The molecule has 0 spiro atoms. The summed E-state index contributed by atoms with van der Waals surface area (Å²) >= 11 is 3.34. The van der Waals surface area contributed by atoms with Crippen molar-refractivity contribution in [3.63, 3.8) is 0 Å². The van der Waals surface area contributed by atoms with E-state index in [0.717, 1.165) is 9.37 Å². The van der Waals surface area contributed by atoms with Gasteiger partial charge in [-0.15, -0.1) is 0 Å². The second kappa shape index (κ2) is 7.91. The smallest absolute Gasteiger partial charge is 0.355 e. The summed E-state index contributed by atoms with van der Waals surface area (Å²) in [6.07, 6.45) is 0. The fourth-order valence-electron chi connectivity index (χ4n) is 3.58. The molecule has 2 heterocycles. The second-order valence-corrected chi connectivity index (χ2v) is 7.57. The molecule has 2 aliphatic rings. The monoisotopic (exact) mass is 471 g/mol. The van der Waals surface area contributed by atoms with Crippen molar-refractivity contribution in [3.05, 3.63) is 53.0 Å². The molecule has 0 unspecified atom stereocenters. The number of amides is 2. The largest absolute Gasteiger partial charge is 0.497 e. The summed E-state index contributed by atoms with van der Waals surface area (Å²) in [5.41, 5.74) is 0.917. The van der Waals surface area contributed by atoms with Crippen LogP contribution in [-0.4, -0.2) is 43.3 Å². The van der Waals surface area contributed by atoms with Crippen LogP contribution >= 0.6 is 15.9 Å². The standard InChI is InChI=1S/C21H18BrN3O5/c1-3-30-21(28)17-16-18(25(23-17)14-8-10-15(29-2)11-9-14)20(27)24(19(16)26)13-6-4-12(22)5-7-13/h4-11,16,18H,3H2,1-2H3/t16-,18-/m0/s1. The predicted octanol–water partition coefficient (Wildman–Crippen LogP) is 2.76. The van der Waals surface area contributed by atoms with Gasteiger partial charge in [-0.1, -0.05) is 15.9 Å². The molecule has 30 heavy (non-hydrogen) atoms. The van der Waals surface area contributed by atoms with E-state index in [1.54, 1.807) is 62.6 Å². The topological polar surface area (TPSA) is 88.5 Å². The third kappa shape index (κ3) is 3.24. The van der Waals surface area contributed by atoms with Gasteiger partial charge in [-0.2, -0.15) is 5.10 Å². The average Bonchev–Trinajstić information content (AvgIpc) is 3.26. The highest BCUT2D eigenvalue weighted by Crippen LogP contribution is 2.38. The fraction of sp³-hybridized carbons (Fsp3) is 0.238. The normalized spacial score (nSPS) is 20.3. The summed E-state index contributed by atoms with van der Waals surface area (Å²) in [7, 11) is 1.55. The van der Waals surface area contributed by atoms with Crippen molar-refractivity contribution in [3.8, 4) is 5.75 Å². The maximum Gasteiger partial charge on any atom is 0.355 e. The number of hydrogen-bond acceptors (Lipinski definition) is 7. The van der Waals surface area contributed by atoms with Crippen LogP contribution in [0.4, 0.5) is 11.4 Å². The summed E-state index contributed by atoms with van der Waals surface area (Å²) in [4.78, 5) is 40.2. The molecule has 154 valence electrons. The molecule has 9 heteroatoms. The van der Waals surface area contributed by atoms with Crippen molar-refractivity contribution < 1.29 is 23.9 Å². The number of nitrogens with zero attached hydrogens (tertiary/aromatic N) is 3. The summed E-state index contributed by atoms with van der Waals surface area (Å²) < 4.78 is 11.1. The maximum atomic E-state index is 13.3. The molecule has 2 atom stereocenters. The van der Waals surface area contributed by atoms with E-state index < -0.39 is 29.7 Å². The van der Waals surface area contributed by atoms with Crippen molar-refractivity contribution in [2.75, 3.05) is 23.6 Å². The molecule has 2 amide bonds. The molecule has 0 aliphatic carbocycles. The average molecular weight is 472 g/mol. The number of hydrazone groups is 1.